The SMILES string of the molecule is Cc1ccc(C(=O)P(Oc2ccccc2)Oc2ccccc2)c(C)c1C. The van der Waals surface area contributed by atoms with Crippen LogP contribution in [-0.2, 0) is 0 Å². The molecule has 3 nitrogen and oxygen atoms in total. The van der Waals surface area contributed by atoms with Crippen LogP contribution in [0.25, 0.3) is 0 Å². The van der Waals surface area contributed by atoms with E-state index in [1.54, 1.807) is 0 Å². The maximum atomic E-state index is 13.2. The first-order valence-corrected chi connectivity index (χ1v) is 9.61. The third kappa shape index (κ3) is 4.12. The van der Waals surface area contributed by atoms with Gasteiger partial charge < -0.3 is 9.05 Å². The van der Waals surface area contributed by atoms with E-state index in [2.05, 4.69) is 0 Å². The molecule has 0 amide bonds. The fraction of sp³-hybridized carbons (Fsp3) is 0.136. The van der Waals surface area contributed by atoms with Gasteiger partial charge in [-0.15, -0.1) is 0 Å². The Bertz CT molecular complexity index is 851. The van der Waals surface area contributed by atoms with Gasteiger partial charge in [0.2, 0.25) is 0 Å². The number of para-hydroxylation sites is 2. The minimum Gasteiger partial charge on any atom is -0.433 e. The van der Waals surface area contributed by atoms with E-state index in [9.17, 15) is 4.79 Å². The van der Waals surface area contributed by atoms with Gasteiger partial charge in [0.05, 0.1) is 0 Å². The molecule has 3 aromatic rings. The molecule has 0 atom stereocenters. The first kappa shape index (κ1) is 18.2. The van der Waals surface area contributed by atoms with E-state index in [0.29, 0.717) is 17.1 Å². The lowest BCUT2D eigenvalue weighted by Crippen LogP contribution is -2.09. The maximum absolute atomic E-state index is 13.2. The van der Waals surface area contributed by atoms with E-state index < -0.39 is 8.38 Å². The van der Waals surface area contributed by atoms with Gasteiger partial charge in [0.15, 0.2) is 0 Å². The van der Waals surface area contributed by atoms with E-state index in [4.69, 9.17) is 9.05 Å². The van der Waals surface area contributed by atoms with Gasteiger partial charge in [0.25, 0.3) is 5.52 Å². The van der Waals surface area contributed by atoms with Gasteiger partial charge in [-0.1, -0.05) is 48.5 Å². The molecular weight excluding hydrogens is 343 g/mol. The molecule has 0 aromatic heterocycles. The number of aryl methyl sites for hydroxylation is 1. The lowest BCUT2D eigenvalue weighted by Gasteiger charge is -2.19. The molecule has 0 aliphatic carbocycles. The summed E-state index contributed by atoms with van der Waals surface area (Å²) < 4.78 is 11.9. The van der Waals surface area contributed by atoms with Gasteiger partial charge in [-0.25, -0.2) is 0 Å². The summed E-state index contributed by atoms with van der Waals surface area (Å²) in [6.45, 7) is 6.04. The lowest BCUT2D eigenvalue weighted by atomic mass is 10.00. The highest BCUT2D eigenvalue weighted by Gasteiger charge is 2.28. The molecule has 4 heteroatoms. The number of hydrogen-bond donors (Lipinski definition) is 0. The topological polar surface area (TPSA) is 35.5 Å². The quantitative estimate of drug-likeness (QED) is 0.487. The van der Waals surface area contributed by atoms with Crippen molar-refractivity contribution in [2.24, 2.45) is 0 Å². The van der Waals surface area contributed by atoms with Crippen LogP contribution in [0.2, 0.25) is 0 Å². The first-order chi connectivity index (χ1) is 12.6. The molecule has 132 valence electrons. The Labute approximate surface area is 155 Å². The summed E-state index contributed by atoms with van der Waals surface area (Å²) in [7, 11) is -1.83. The van der Waals surface area contributed by atoms with E-state index in [1.807, 2.05) is 93.6 Å². The fourth-order valence-corrected chi connectivity index (χ4v) is 3.81. The average molecular weight is 364 g/mol. The number of rotatable bonds is 6. The summed E-state index contributed by atoms with van der Waals surface area (Å²) in [5.41, 5.74) is 3.76. The van der Waals surface area contributed by atoms with Crippen molar-refractivity contribution in [1.29, 1.82) is 0 Å². The number of carbonyl (C=O) groups excluding carboxylic acids is 1. The molecule has 0 saturated carbocycles. The summed E-state index contributed by atoms with van der Waals surface area (Å²) in [6, 6.07) is 22.4. The molecule has 0 aliphatic heterocycles. The second-order valence-corrected chi connectivity index (χ2v) is 7.34. The molecule has 0 unspecified atom stereocenters. The highest BCUT2D eigenvalue weighted by molar-refractivity contribution is 7.67. The molecule has 26 heavy (non-hydrogen) atoms. The molecule has 0 fully saturated rings. The van der Waals surface area contributed by atoms with Crippen LogP contribution in [0.5, 0.6) is 11.5 Å². The molecule has 0 heterocycles. The predicted octanol–water partition coefficient (Wildman–Crippen LogP) is 6.22. The average Bonchev–Trinajstić information content (AvgIpc) is 2.67. The van der Waals surface area contributed by atoms with Crippen molar-refractivity contribution in [3.8, 4) is 11.5 Å². The lowest BCUT2D eigenvalue weighted by molar-refractivity contribution is 0.106. The maximum Gasteiger partial charge on any atom is 0.370 e. The Morgan fingerprint density at radius 2 is 1.19 bits per heavy atom. The Morgan fingerprint density at radius 1 is 0.692 bits per heavy atom. The van der Waals surface area contributed by atoms with E-state index >= 15 is 0 Å². The fourth-order valence-electron chi connectivity index (χ4n) is 2.54. The van der Waals surface area contributed by atoms with Crippen molar-refractivity contribution < 1.29 is 13.8 Å². The second kappa shape index (κ2) is 8.16. The molecule has 0 radical (unpaired) electrons. The van der Waals surface area contributed by atoms with Crippen LogP contribution in [0, 0.1) is 20.8 Å². The van der Waals surface area contributed by atoms with Crippen molar-refractivity contribution >= 4 is 13.9 Å². The molecule has 0 N–H and O–H groups in total. The van der Waals surface area contributed by atoms with Crippen LogP contribution in [-0.4, -0.2) is 5.52 Å². The third-order valence-electron chi connectivity index (χ3n) is 4.32. The van der Waals surface area contributed by atoms with Crippen LogP contribution in [0.15, 0.2) is 72.8 Å². The molecule has 3 aromatic carbocycles. The van der Waals surface area contributed by atoms with Crippen molar-refractivity contribution in [3.63, 3.8) is 0 Å². The van der Waals surface area contributed by atoms with Crippen molar-refractivity contribution in [2.75, 3.05) is 0 Å². The Hall–Kier alpha value is -2.64. The zero-order valence-corrected chi connectivity index (χ0v) is 16.0. The summed E-state index contributed by atoms with van der Waals surface area (Å²) in [4.78, 5) is 13.2. The van der Waals surface area contributed by atoms with Crippen LogP contribution in [0.1, 0.15) is 27.0 Å². The minimum atomic E-state index is -1.83. The summed E-state index contributed by atoms with van der Waals surface area (Å²) in [5.74, 6) is 1.23. The van der Waals surface area contributed by atoms with Crippen molar-refractivity contribution in [3.05, 3.63) is 95.1 Å². The van der Waals surface area contributed by atoms with Crippen LogP contribution < -0.4 is 9.05 Å². The standard InChI is InChI=1S/C22H21O3P/c1-16-14-15-21(18(3)17(16)2)22(23)26(24-19-10-6-4-7-11-19)25-20-12-8-5-9-13-20/h4-15H,1-3H3. The highest BCUT2D eigenvalue weighted by Crippen LogP contribution is 2.44. The molecule has 0 bridgehead atoms. The largest absolute Gasteiger partial charge is 0.433 e. The normalized spacial score (nSPS) is 10.6. The first-order valence-electron chi connectivity index (χ1n) is 8.43. The Morgan fingerprint density at radius 3 is 1.69 bits per heavy atom. The van der Waals surface area contributed by atoms with Gasteiger partial charge in [0, 0.05) is 5.56 Å². The monoisotopic (exact) mass is 364 g/mol. The molecule has 3 rings (SSSR count). The van der Waals surface area contributed by atoms with Crippen LogP contribution in [0.3, 0.4) is 0 Å². The minimum absolute atomic E-state index is 0.131. The summed E-state index contributed by atoms with van der Waals surface area (Å²) in [5, 5.41) is 0. The second-order valence-electron chi connectivity index (χ2n) is 6.05. The van der Waals surface area contributed by atoms with Crippen molar-refractivity contribution in [1.82, 2.24) is 0 Å². The Kier molecular flexibility index (Phi) is 5.70. The number of hydrogen-bond acceptors (Lipinski definition) is 3. The van der Waals surface area contributed by atoms with E-state index in [1.165, 1.54) is 0 Å². The highest BCUT2D eigenvalue weighted by atomic mass is 31.2. The third-order valence-corrected chi connectivity index (χ3v) is 5.64. The van der Waals surface area contributed by atoms with Crippen LogP contribution >= 0.6 is 8.38 Å². The molecule has 0 saturated heterocycles. The van der Waals surface area contributed by atoms with Gasteiger partial charge in [-0.3, -0.25) is 4.79 Å². The Balaban J connectivity index is 1.94. The smallest absolute Gasteiger partial charge is 0.370 e. The zero-order chi connectivity index (χ0) is 18.5. The predicted molar refractivity (Wildman–Crippen MR) is 106 cm³/mol. The van der Waals surface area contributed by atoms with E-state index in [0.717, 1.165) is 16.7 Å². The van der Waals surface area contributed by atoms with Gasteiger partial charge in [0.1, 0.15) is 11.5 Å². The van der Waals surface area contributed by atoms with Gasteiger partial charge >= 0.3 is 8.38 Å². The van der Waals surface area contributed by atoms with E-state index in [-0.39, 0.29) is 5.52 Å². The number of carbonyl (C=O) groups is 1. The van der Waals surface area contributed by atoms with Gasteiger partial charge in [-0.2, -0.15) is 0 Å². The summed E-state index contributed by atoms with van der Waals surface area (Å²) in [6.07, 6.45) is 0. The summed E-state index contributed by atoms with van der Waals surface area (Å²) >= 11 is 0. The van der Waals surface area contributed by atoms with Crippen molar-refractivity contribution in [2.45, 2.75) is 20.8 Å². The molecule has 0 spiro atoms. The zero-order valence-electron chi connectivity index (χ0n) is 15.1. The van der Waals surface area contributed by atoms with Gasteiger partial charge in [-0.05, 0) is 61.7 Å². The molecular formula is C22H21O3P. The number of benzene rings is 3. The van der Waals surface area contributed by atoms with Crippen LogP contribution in [0.4, 0.5) is 0 Å². The molecule has 0 aliphatic rings.